The molecule has 0 unspecified atom stereocenters. The number of halogens is 2. The number of amides is 1. The Morgan fingerprint density at radius 2 is 1.86 bits per heavy atom. The first-order valence-corrected chi connectivity index (χ1v) is 4.80. The predicted octanol–water partition coefficient (Wildman–Crippen LogP) is 1.54. The number of aliphatic hydroxyl groups is 1. The van der Waals surface area contributed by atoms with E-state index in [4.69, 9.17) is 28.3 Å². The van der Waals surface area contributed by atoms with Gasteiger partial charge in [0.25, 0.3) is 5.91 Å². The fourth-order valence-electron chi connectivity index (χ4n) is 0.870. The van der Waals surface area contributed by atoms with Crippen molar-refractivity contribution < 1.29 is 9.90 Å². The number of benzene rings is 1. The smallest absolute Gasteiger partial charge is 0.253 e. The fraction of sp³-hybridized carbons (Fsp3) is 0.222. The first-order valence-electron chi connectivity index (χ1n) is 3.93. The van der Waals surface area contributed by atoms with Gasteiger partial charge >= 0.3 is 0 Å². The molecule has 5 heteroatoms. The number of aliphatic hydroxyl groups excluding tert-OH is 1. The van der Waals surface area contributed by atoms with E-state index in [1.165, 1.54) is 0 Å². The van der Waals surface area contributed by atoms with E-state index in [-0.39, 0.29) is 0 Å². The number of alkyl halides is 2. The lowest BCUT2D eigenvalue weighted by atomic mass is 10.2. The molecule has 0 aliphatic carbocycles. The highest BCUT2D eigenvalue weighted by Crippen LogP contribution is 2.06. The molecule has 0 bridgehead atoms. The zero-order chi connectivity index (χ0) is 10.6. The highest BCUT2D eigenvalue weighted by molar-refractivity contribution is 6.44. The van der Waals surface area contributed by atoms with Crippen molar-refractivity contribution in [3.63, 3.8) is 0 Å². The van der Waals surface area contributed by atoms with E-state index in [0.29, 0.717) is 5.56 Å². The van der Waals surface area contributed by atoms with E-state index in [0.717, 1.165) is 0 Å². The molecule has 3 nitrogen and oxygen atoms in total. The SMILES string of the molecule is O=C(N[C@@H](O)C(Cl)Cl)c1ccccc1. The quantitative estimate of drug-likeness (QED) is 0.615. The second kappa shape index (κ2) is 5.20. The van der Waals surface area contributed by atoms with Crippen LogP contribution < -0.4 is 5.32 Å². The lowest BCUT2D eigenvalue weighted by molar-refractivity contribution is 0.0809. The van der Waals surface area contributed by atoms with Gasteiger partial charge in [-0.15, -0.1) is 23.2 Å². The molecule has 0 spiro atoms. The van der Waals surface area contributed by atoms with Crippen LogP contribution in [0.15, 0.2) is 30.3 Å². The minimum absolute atomic E-state index is 0.413. The number of hydrogen-bond donors (Lipinski definition) is 2. The molecule has 2 N–H and O–H groups in total. The van der Waals surface area contributed by atoms with Gasteiger partial charge in [0.05, 0.1) is 0 Å². The monoisotopic (exact) mass is 233 g/mol. The van der Waals surface area contributed by atoms with Crippen LogP contribution in [0.25, 0.3) is 0 Å². The molecule has 1 amide bonds. The third-order valence-corrected chi connectivity index (χ3v) is 2.03. The van der Waals surface area contributed by atoms with Crippen LogP contribution in [-0.4, -0.2) is 22.1 Å². The van der Waals surface area contributed by atoms with Crippen molar-refractivity contribution in [3.05, 3.63) is 35.9 Å². The van der Waals surface area contributed by atoms with Gasteiger partial charge in [0.1, 0.15) is 0 Å². The molecule has 0 fully saturated rings. The summed E-state index contributed by atoms with van der Waals surface area (Å²) in [6.45, 7) is 0. The van der Waals surface area contributed by atoms with Gasteiger partial charge in [-0.05, 0) is 12.1 Å². The summed E-state index contributed by atoms with van der Waals surface area (Å²) in [7, 11) is 0. The second-order valence-electron chi connectivity index (χ2n) is 2.62. The van der Waals surface area contributed by atoms with Gasteiger partial charge in [0.2, 0.25) is 0 Å². The molecular formula is C9H9Cl2NO2. The number of carbonyl (C=O) groups is 1. The molecular weight excluding hydrogens is 225 g/mol. The molecule has 0 aliphatic rings. The summed E-state index contributed by atoms with van der Waals surface area (Å²) in [4.78, 5) is 10.3. The van der Waals surface area contributed by atoms with Gasteiger partial charge in [0.15, 0.2) is 11.1 Å². The summed E-state index contributed by atoms with van der Waals surface area (Å²) in [5.74, 6) is -0.413. The van der Waals surface area contributed by atoms with E-state index in [1.807, 2.05) is 0 Å². The van der Waals surface area contributed by atoms with E-state index in [9.17, 15) is 4.79 Å². The van der Waals surface area contributed by atoms with Crippen LogP contribution in [0.1, 0.15) is 10.4 Å². The van der Waals surface area contributed by atoms with Crippen molar-refractivity contribution >= 4 is 29.1 Å². The van der Waals surface area contributed by atoms with Gasteiger partial charge in [-0.3, -0.25) is 4.79 Å². The Balaban J connectivity index is 2.60. The van der Waals surface area contributed by atoms with Crippen molar-refractivity contribution in [2.45, 2.75) is 11.1 Å². The highest BCUT2D eigenvalue weighted by atomic mass is 35.5. The number of hydrogen-bond acceptors (Lipinski definition) is 2. The molecule has 0 saturated heterocycles. The average molecular weight is 234 g/mol. The normalized spacial score (nSPS) is 12.6. The first kappa shape index (κ1) is 11.3. The molecule has 14 heavy (non-hydrogen) atoms. The Kier molecular flexibility index (Phi) is 4.20. The summed E-state index contributed by atoms with van der Waals surface area (Å²) in [6, 6.07) is 8.48. The second-order valence-corrected chi connectivity index (χ2v) is 3.78. The third kappa shape index (κ3) is 3.18. The number of nitrogens with one attached hydrogen (secondary N) is 1. The molecule has 0 saturated carbocycles. The van der Waals surface area contributed by atoms with Crippen molar-refractivity contribution in [2.24, 2.45) is 0 Å². The van der Waals surface area contributed by atoms with Crippen molar-refractivity contribution in [3.8, 4) is 0 Å². The lowest BCUT2D eigenvalue weighted by Gasteiger charge is -2.12. The minimum atomic E-state index is -1.26. The van der Waals surface area contributed by atoms with Crippen LogP contribution in [0, 0.1) is 0 Å². The Hall–Kier alpha value is -0.770. The number of carbonyl (C=O) groups excluding carboxylic acids is 1. The van der Waals surface area contributed by atoms with Gasteiger partial charge in [-0.2, -0.15) is 0 Å². The van der Waals surface area contributed by atoms with Crippen LogP contribution in [-0.2, 0) is 0 Å². The Morgan fingerprint density at radius 1 is 1.29 bits per heavy atom. The zero-order valence-electron chi connectivity index (χ0n) is 7.15. The topological polar surface area (TPSA) is 49.3 Å². The summed E-state index contributed by atoms with van der Waals surface area (Å²) in [5, 5.41) is 11.4. The maximum Gasteiger partial charge on any atom is 0.253 e. The average Bonchev–Trinajstić information content (AvgIpc) is 2.19. The van der Waals surface area contributed by atoms with E-state index in [1.54, 1.807) is 30.3 Å². The molecule has 0 aliphatic heterocycles. The third-order valence-electron chi connectivity index (χ3n) is 1.55. The van der Waals surface area contributed by atoms with Crippen molar-refractivity contribution in [2.75, 3.05) is 0 Å². The summed E-state index contributed by atoms with van der Waals surface area (Å²) in [6.07, 6.45) is -1.26. The zero-order valence-corrected chi connectivity index (χ0v) is 8.66. The Bertz CT molecular complexity index is 303. The van der Waals surface area contributed by atoms with Gasteiger partial charge in [-0.25, -0.2) is 0 Å². The van der Waals surface area contributed by atoms with E-state index in [2.05, 4.69) is 5.32 Å². The maximum atomic E-state index is 11.4. The van der Waals surface area contributed by atoms with Crippen molar-refractivity contribution in [1.82, 2.24) is 5.32 Å². The van der Waals surface area contributed by atoms with Crippen LogP contribution in [0.4, 0.5) is 0 Å². The van der Waals surface area contributed by atoms with E-state index < -0.39 is 17.0 Å². The molecule has 0 heterocycles. The van der Waals surface area contributed by atoms with E-state index >= 15 is 0 Å². The molecule has 1 atom stereocenters. The molecule has 1 aromatic rings. The Labute approximate surface area is 91.6 Å². The minimum Gasteiger partial charge on any atom is -0.371 e. The van der Waals surface area contributed by atoms with Crippen LogP contribution in [0.2, 0.25) is 0 Å². The molecule has 1 aromatic carbocycles. The fourth-order valence-corrected chi connectivity index (χ4v) is 0.996. The lowest BCUT2D eigenvalue weighted by Crippen LogP contribution is -2.38. The standard InChI is InChI=1S/C9H9Cl2NO2/c10-7(11)9(14)12-8(13)6-4-2-1-3-5-6/h1-5,7,9,14H,(H,12,13)/t9-/m0/s1. The number of rotatable bonds is 3. The van der Waals surface area contributed by atoms with Crippen LogP contribution in [0.5, 0.6) is 0 Å². The van der Waals surface area contributed by atoms with Crippen LogP contribution in [0.3, 0.4) is 0 Å². The van der Waals surface area contributed by atoms with Gasteiger partial charge in [0, 0.05) is 5.56 Å². The predicted molar refractivity (Wildman–Crippen MR) is 55.4 cm³/mol. The van der Waals surface area contributed by atoms with Gasteiger partial charge < -0.3 is 10.4 Å². The van der Waals surface area contributed by atoms with Crippen LogP contribution >= 0.6 is 23.2 Å². The summed E-state index contributed by atoms with van der Waals surface area (Å²) in [5.41, 5.74) is 0.445. The first-order chi connectivity index (χ1) is 6.61. The van der Waals surface area contributed by atoms with Crippen molar-refractivity contribution in [1.29, 1.82) is 0 Å². The summed E-state index contributed by atoms with van der Waals surface area (Å²) >= 11 is 10.7. The molecule has 76 valence electrons. The Morgan fingerprint density at radius 3 is 2.36 bits per heavy atom. The van der Waals surface area contributed by atoms with Gasteiger partial charge in [-0.1, -0.05) is 18.2 Å². The molecule has 0 radical (unpaired) electrons. The maximum absolute atomic E-state index is 11.4. The summed E-state index contributed by atoms with van der Waals surface area (Å²) < 4.78 is 0. The highest BCUT2D eigenvalue weighted by Gasteiger charge is 2.16. The molecule has 1 rings (SSSR count). The largest absolute Gasteiger partial charge is 0.371 e. The molecule has 0 aromatic heterocycles.